The van der Waals surface area contributed by atoms with Gasteiger partial charge in [-0.25, -0.2) is 4.79 Å². The second-order valence-electron chi connectivity index (χ2n) is 7.46. The van der Waals surface area contributed by atoms with Crippen LogP contribution in [0.3, 0.4) is 0 Å². The largest absolute Gasteiger partial charge is 0.465 e. The Labute approximate surface area is 161 Å². The van der Waals surface area contributed by atoms with Crippen molar-refractivity contribution in [1.82, 2.24) is 10.2 Å². The molecule has 2 atom stereocenters. The molecule has 2 unspecified atom stereocenters. The molecule has 0 bridgehead atoms. The minimum Gasteiger partial charge on any atom is -0.465 e. The van der Waals surface area contributed by atoms with E-state index < -0.39 is 23.8 Å². The number of ether oxygens (including phenoxy) is 2. The number of hydrogen-bond acceptors (Lipinski definition) is 6. The maximum absolute atomic E-state index is 11.9. The van der Waals surface area contributed by atoms with Gasteiger partial charge in [0.1, 0.15) is 5.60 Å². The molecule has 2 N–H and O–H groups in total. The summed E-state index contributed by atoms with van der Waals surface area (Å²) < 4.78 is 10.2. The van der Waals surface area contributed by atoms with Gasteiger partial charge in [0, 0.05) is 13.1 Å². The highest BCUT2D eigenvalue weighted by atomic mass is 16.6. The van der Waals surface area contributed by atoms with E-state index in [4.69, 9.17) is 9.47 Å². The smallest absolute Gasteiger partial charge is 0.407 e. The lowest BCUT2D eigenvalue weighted by Crippen LogP contribution is -2.48. The zero-order valence-corrected chi connectivity index (χ0v) is 16.9. The first-order chi connectivity index (χ1) is 12.6. The van der Waals surface area contributed by atoms with E-state index >= 15 is 0 Å². The van der Waals surface area contributed by atoms with Crippen LogP contribution in [-0.2, 0) is 20.8 Å². The minimum atomic E-state index is -0.879. The van der Waals surface area contributed by atoms with Gasteiger partial charge in [-0.2, -0.15) is 0 Å². The molecular formula is C20H32N2O5. The van der Waals surface area contributed by atoms with Gasteiger partial charge in [0.25, 0.3) is 0 Å². The summed E-state index contributed by atoms with van der Waals surface area (Å²) in [4.78, 5) is 25.6. The number of carbonyl (C=O) groups excluding carboxylic acids is 2. The maximum atomic E-state index is 11.9. The summed E-state index contributed by atoms with van der Waals surface area (Å²) in [5.74, 6) is -0.353. The summed E-state index contributed by atoms with van der Waals surface area (Å²) in [5, 5.41) is 13.1. The van der Waals surface area contributed by atoms with Crippen LogP contribution in [0, 0.1) is 0 Å². The number of hydrogen-bond donors (Lipinski definition) is 2. The van der Waals surface area contributed by atoms with Crippen LogP contribution >= 0.6 is 0 Å². The Balaban J connectivity index is 2.68. The van der Waals surface area contributed by atoms with Crippen molar-refractivity contribution in [3.63, 3.8) is 0 Å². The Kier molecular flexibility index (Phi) is 9.25. The molecule has 0 spiro atoms. The molecule has 0 saturated heterocycles. The molecule has 0 aromatic heterocycles. The van der Waals surface area contributed by atoms with Crippen molar-refractivity contribution in [2.45, 2.75) is 58.9 Å². The van der Waals surface area contributed by atoms with Crippen LogP contribution in [-0.4, -0.2) is 59.5 Å². The quantitative estimate of drug-likeness (QED) is 0.639. The molecule has 0 heterocycles. The fraction of sp³-hybridized carbons (Fsp3) is 0.600. The van der Waals surface area contributed by atoms with E-state index in [-0.39, 0.29) is 19.1 Å². The molecule has 27 heavy (non-hydrogen) atoms. The molecule has 1 aromatic carbocycles. The lowest BCUT2D eigenvalue weighted by molar-refractivity contribution is -0.145. The van der Waals surface area contributed by atoms with Gasteiger partial charge in [-0.05, 0) is 40.2 Å². The first kappa shape index (κ1) is 22.9. The molecule has 0 aliphatic carbocycles. The van der Waals surface area contributed by atoms with Gasteiger partial charge < -0.3 is 19.9 Å². The van der Waals surface area contributed by atoms with Crippen LogP contribution in [0.15, 0.2) is 30.3 Å². The molecule has 0 radical (unpaired) electrons. The first-order valence-electron chi connectivity index (χ1n) is 9.20. The zero-order valence-electron chi connectivity index (χ0n) is 16.9. The third-order valence-corrected chi connectivity index (χ3v) is 3.67. The standard InChI is InChI=1S/C20H32N2O5/c1-6-26-18(24)14-22(12-16-10-8-7-9-11-16)13-17(23)15(2)21-19(25)27-20(3,4)5/h7-11,15,17,23H,6,12-14H2,1-5H3,(H,21,25). The van der Waals surface area contributed by atoms with E-state index in [2.05, 4.69) is 5.32 Å². The molecule has 0 aliphatic heterocycles. The van der Waals surface area contributed by atoms with Gasteiger partial charge in [0.15, 0.2) is 0 Å². The summed E-state index contributed by atoms with van der Waals surface area (Å²) in [6, 6.07) is 9.11. The molecule has 0 saturated carbocycles. The highest BCUT2D eigenvalue weighted by Gasteiger charge is 2.24. The van der Waals surface area contributed by atoms with E-state index in [0.29, 0.717) is 13.2 Å². The monoisotopic (exact) mass is 380 g/mol. The van der Waals surface area contributed by atoms with E-state index in [0.717, 1.165) is 5.56 Å². The average molecular weight is 380 g/mol. The molecule has 0 aliphatic rings. The number of carbonyl (C=O) groups is 2. The van der Waals surface area contributed by atoms with Gasteiger partial charge in [0.2, 0.25) is 0 Å². The summed E-state index contributed by atoms with van der Waals surface area (Å²) >= 11 is 0. The van der Waals surface area contributed by atoms with Crippen molar-refractivity contribution in [3.05, 3.63) is 35.9 Å². The van der Waals surface area contributed by atoms with E-state index in [1.807, 2.05) is 30.3 Å². The number of esters is 1. The molecule has 1 rings (SSSR count). The van der Waals surface area contributed by atoms with Crippen LogP contribution in [0.1, 0.15) is 40.2 Å². The van der Waals surface area contributed by atoms with Gasteiger partial charge in [-0.1, -0.05) is 30.3 Å². The van der Waals surface area contributed by atoms with Gasteiger partial charge in [-0.3, -0.25) is 9.69 Å². The van der Waals surface area contributed by atoms with Crippen LogP contribution in [0.2, 0.25) is 0 Å². The maximum Gasteiger partial charge on any atom is 0.407 e. The predicted octanol–water partition coefficient (Wildman–Crippen LogP) is 2.33. The third-order valence-electron chi connectivity index (χ3n) is 3.67. The van der Waals surface area contributed by atoms with Gasteiger partial charge >= 0.3 is 12.1 Å². The van der Waals surface area contributed by atoms with Crippen molar-refractivity contribution in [3.8, 4) is 0 Å². The Morgan fingerprint density at radius 2 is 1.85 bits per heavy atom. The SMILES string of the molecule is CCOC(=O)CN(Cc1ccccc1)CC(O)C(C)NC(=O)OC(C)(C)C. The van der Waals surface area contributed by atoms with Crippen molar-refractivity contribution >= 4 is 12.1 Å². The van der Waals surface area contributed by atoms with Crippen LogP contribution in [0.4, 0.5) is 4.79 Å². The minimum absolute atomic E-state index is 0.0545. The summed E-state index contributed by atoms with van der Waals surface area (Å²) in [6.45, 7) is 9.80. The van der Waals surface area contributed by atoms with Crippen molar-refractivity contribution in [1.29, 1.82) is 0 Å². The lowest BCUT2D eigenvalue weighted by Gasteiger charge is -2.28. The van der Waals surface area contributed by atoms with E-state index in [1.54, 1.807) is 39.5 Å². The Morgan fingerprint density at radius 1 is 1.22 bits per heavy atom. The number of nitrogens with zero attached hydrogens (tertiary/aromatic N) is 1. The summed E-state index contributed by atoms with van der Waals surface area (Å²) in [6.07, 6.45) is -1.47. The number of amides is 1. The van der Waals surface area contributed by atoms with Crippen LogP contribution < -0.4 is 5.32 Å². The molecule has 0 fully saturated rings. The number of nitrogens with one attached hydrogen (secondary N) is 1. The summed E-state index contributed by atoms with van der Waals surface area (Å²) in [5.41, 5.74) is 0.402. The van der Waals surface area contributed by atoms with Gasteiger partial charge in [-0.15, -0.1) is 0 Å². The highest BCUT2D eigenvalue weighted by molar-refractivity contribution is 5.71. The van der Waals surface area contributed by atoms with Crippen LogP contribution in [0.25, 0.3) is 0 Å². The third kappa shape index (κ3) is 9.96. The number of alkyl carbamates (subject to hydrolysis) is 1. The Hall–Kier alpha value is -2.12. The lowest BCUT2D eigenvalue weighted by atomic mass is 10.1. The highest BCUT2D eigenvalue weighted by Crippen LogP contribution is 2.09. The molecule has 1 amide bonds. The predicted molar refractivity (Wildman–Crippen MR) is 103 cm³/mol. The molecule has 152 valence electrons. The van der Waals surface area contributed by atoms with Crippen molar-refractivity contribution in [2.75, 3.05) is 19.7 Å². The Morgan fingerprint density at radius 3 is 2.41 bits per heavy atom. The number of aliphatic hydroxyl groups excluding tert-OH is 1. The molecule has 7 heteroatoms. The average Bonchev–Trinajstić information content (AvgIpc) is 2.53. The molecule has 7 nitrogen and oxygen atoms in total. The normalized spacial score (nSPS) is 13.7. The molecule has 1 aromatic rings. The number of benzene rings is 1. The second-order valence-corrected chi connectivity index (χ2v) is 7.46. The topological polar surface area (TPSA) is 88.1 Å². The summed E-state index contributed by atoms with van der Waals surface area (Å²) in [7, 11) is 0. The van der Waals surface area contributed by atoms with E-state index in [1.165, 1.54) is 0 Å². The fourth-order valence-corrected chi connectivity index (χ4v) is 2.43. The molecular weight excluding hydrogens is 348 g/mol. The zero-order chi connectivity index (χ0) is 20.4. The Bertz CT molecular complexity index is 586. The van der Waals surface area contributed by atoms with Crippen molar-refractivity contribution < 1.29 is 24.2 Å². The van der Waals surface area contributed by atoms with Gasteiger partial charge in [0.05, 0.1) is 25.3 Å². The van der Waals surface area contributed by atoms with Crippen molar-refractivity contribution in [2.24, 2.45) is 0 Å². The number of rotatable bonds is 9. The fourth-order valence-electron chi connectivity index (χ4n) is 2.43. The first-order valence-corrected chi connectivity index (χ1v) is 9.20. The van der Waals surface area contributed by atoms with Crippen LogP contribution in [0.5, 0.6) is 0 Å². The number of aliphatic hydroxyl groups is 1. The second kappa shape index (κ2) is 10.9. The van der Waals surface area contributed by atoms with E-state index in [9.17, 15) is 14.7 Å².